The molecule has 1 saturated heterocycles. The number of piperazine rings is 1. The molecule has 1 atom stereocenters. The number of nitrogen functional groups attached to an aromatic ring is 1. The zero-order valence-corrected chi connectivity index (χ0v) is 9.93. The molecule has 6 nitrogen and oxygen atoms in total. The number of nitrogens with one attached hydrogen (secondary N) is 1. The van der Waals surface area contributed by atoms with Crippen LogP contribution in [0, 0.1) is 0 Å². The Bertz CT molecular complexity index is 435. The minimum atomic E-state index is -0.232. The highest BCUT2D eigenvalue weighted by molar-refractivity contribution is 5.85. The Morgan fingerprint density at radius 1 is 1.59 bits per heavy atom. The lowest BCUT2D eigenvalue weighted by molar-refractivity contribution is -0.122. The highest BCUT2D eigenvalue weighted by atomic mass is 16.5. The van der Waals surface area contributed by atoms with Gasteiger partial charge in [-0.25, -0.2) is 0 Å². The summed E-state index contributed by atoms with van der Waals surface area (Å²) in [6.45, 7) is 3.20. The summed E-state index contributed by atoms with van der Waals surface area (Å²) in [5.74, 6) is 1.10. The van der Waals surface area contributed by atoms with Gasteiger partial charge >= 0.3 is 0 Å². The van der Waals surface area contributed by atoms with Gasteiger partial charge in [0.25, 0.3) is 0 Å². The maximum Gasteiger partial charge on any atom is 0.242 e. The third-order valence-electron chi connectivity index (χ3n) is 2.86. The molecule has 1 unspecified atom stereocenters. The van der Waals surface area contributed by atoms with Gasteiger partial charge in [-0.05, 0) is 19.1 Å². The lowest BCUT2D eigenvalue weighted by Crippen LogP contribution is -2.54. The topological polar surface area (TPSA) is 80.5 Å². The predicted molar refractivity (Wildman–Crippen MR) is 65.0 cm³/mol. The van der Waals surface area contributed by atoms with Crippen LogP contribution < -0.4 is 20.7 Å². The lowest BCUT2D eigenvalue weighted by atomic mass is 10.2. The molecular weight excluding hydrogens is 220 g/mol. The normalized spacial score (nSPS) is 20.0. The van der Waals surface area contributed by atoms with E-state index in [9.17, 15) is 4.79 Å². The van der Waals surface area contributed by atoms with E-state index in [0.29, 0.717) is 23.9 Å². The fourth-order valence-corrected chi connectivity index (χ4v) is 1.86. The van der Waals surface area contributed by atoms with Gasteiger partial charge in [0.15, 0.2) is 0 Å². The van der Waals surface area contributed by atoms with Crippen molar-refractivity contribution < 1.29 is 9.53 Å². The summed E-state index contributed by atoms with van der Waals surface area (Å²) in [5, 5.41) is 2.81. The van der Waals surface area contributed by atoms with Crippen molar-refractivity contribution in [1.82, 2.24) is 10.3 Å². The van der Waals surface area contributed by atoms with Gasteiger partial charge in [0.05, 0.1) is 12.8 Å². The first kappa shape index (κ1) is 11.5. The molecule has 1 fully saturated rings. The van der Waals surface area contributed by atoms with Crippen molar-refractivity contribution in [1.29, 1.82) is 0 Å². The van der Waals surface area contributed by atoms with Gasteiger partial charge in [-0.2, -0.15) is 4.98 Å². The van der Waals surface area contributed by atoms with E-state index in [1.54, 1.807) is 12.1 Å². The second kappa shape index (κ2) is 4.48. The first-order valence-corrected chi connectivity index (χ1v) is 5.48. The Morgan fingerprint density at radius 3 is 3.06 bits per heavy atom. The number of ether oxygens (including phenoxy) is 1. The molecule has 0 bridgehead atoms. The molecule has 3 N–H and O–H groups in total. The number of aromatic nitrogens is 1. The van der Waals surface area contributed by atoms with Gasteiger partial charge in [-0.3, -0.25) is 4.79 Å². The van der Waals surface area contributed by atoms with E-state index < -0.39 is 0 Å². The fourth-order valence-electron chi connectivity index (χ4n) is 1.86. The van der Waals surface area contributed by atoms with Gasteiger partial charge in [0, 0.05) is 13.1 Å². The second-order valence-corrected chi connectivity index (χ2v) is 3.93. The zero-order valence-electron chi connectivity index (χ0n) is 9.93. The number of anilines is 2. The van der Waals surface area contributed by atoms with E-state index in [-0.39, 0.29) is 11.9 Å². The van der Waals surface area contributed by atoms with Crippen LogP contribution >= 0.6 is 0 Å². The molecule has 92 valence electrons. The highest BCUT2D eigenvalue weighted by Gasteiger charge is 2.26. The van der Waals surface area contributed by atoms with Crippen molar-refractivity contribution in [2.45, 2.75) is 13.0 Å². The van der Waals surface area contributed by atoms with Crippen LogP contribution in [0.5, 0.6) is 5.88 Å². The van der Waals surface area contributed by atoms with Crippen LogP contribution in [-0.2, 0) is 4.79 Å². The van der Waals surface area contributed by atoms with Crippen molar-refractivity contribution >= 4 is 17.4 Å². The summed E-state index contributed by atoms with van der Waals surface area (Å²) in [6, 6.07) is 3.30. The van der Waals surface area contributed by atoms with Gasteiger partial charge in [-0.15, -0.1) is 0 Å². The number of carbonyl (C=O) groups is 1. The van der Waals surface area contributed by atoms with Crippen LogP contribution in [0.25, 0.3) is 0 Å². The minimum absolute atomic E-state index is 0.00819. The van der Waals surface area contributed by atoms with Gasteiger partial charge < -0.3 is 20.7 Å². The minimum Gasteiger partial charge on any atom is -0.479 e. The number of amides is 1. The lowest BCUT2D eigenvalue weighted by Gasteiger charge is -2.33. The van der Waals surface area contributed by atoms with Crippen molar-refractivity contribution in [3.63, 3.8) is 0 Å². The Balaban J connectivity index is 2.30. The molecule has 0 radical (unpaired) electrons. The van der Waals surface area contributed by atoms with Gasteiger partial charge in [0.1, 0.15) is 11.9 Å². The molecule has 17 heavy (non-hydrogen) atoms. The van der Waals surface area contributed by atoms with E-state index in [0.717, 1.165) is 6.54 Å². The average Bonchev–Trinajstić information content (AvgIpc) is 2.34. The van der Waals surface area contributed by atoms with E-state index in [2.05, 4.69) is 10.3 Å². The molecule has 6 heteroatoms. The monoisotopic (exact) mass is 236 g/mol. The smallest absolute Gasteiger partial charge is 0.242 e. The third-order valence-corrected chi connectivity index (χ3v) is 2.86. The van der Waals surface area contributed by atoms with Crippen LogP contribution in [0.1, 0.15) is 6.92 Å². The zero-order chi connectivity index (χ0) is 12.4. The Hall–Kier alpha value is -1.98. The molecule has 0 aliphatic carbocycles. The summed E-state index contributed by atoms with van der Waals surface area (Å²) in [5.41, 5.74) is 6.20. The standard InChI is InChI=1S/C11H16N4O2/c1-7-10(16)13-5-6-15(7)9-4-3-8(12)11(14-9)17-2/h3-4,7H,5-6,12H2,1-2H3,(H,13,16). The molecule has 2 rings (SSSR count). The van der Waals surface area contributed by atoms with E-state index in [1.165, 1.54) is 7.11 Å². The molecule has 0 saturated carbocycles. The first-order chi connectivity index (χ1) is 8.13. The Morgan fingerprint density at radius 2 is 2.35 bits per heavy atom. The summed E-state index contributed by atoms with van der Waals surface area (Å²) in [4.78, 5) is 17.8. The van der Waals surface area contributed by atoms with E-state index in [1.807, 2.05) is 11.8 Å². The quantitative estimate of drug-likeness (QED) is 0.755. The highest BCUT2D eigenvalue weighted by Crippen LogP contribution is 2.24. The Labute approximate surface area is 99.8 Å². The van der Waals surface area contributed by atoms with E-state index >= 15 is 0 Å². The van der Waals surface area contributed by atoms with Crippen molar-refractivity contribution in [3.05, 3.63) is 12.1 Å². The van der Waals surface area contributed by atoms with Gasteiger partial charge in [0.2, 0.25) is 11.8 Å². The molecule has 1 amide bonds. The number of nitrogens with zero attached hydrogens (tertiary/aromatic N) is 2. The molecule has 1 aromatic heterocycles. The summed E-state index contributed by atoms with van der Waals surface area (Å²) in [6.07, 6.45) is 0. The van der Waals surface area contributed by atoms with Crippen molar-refractivity contribution in [3.8, 4) is 5.88 Å². The van der Waals surface area contributed by atoms with Crippen LogP contribution in [-0.4, -0.2) is 37.1 Å². The molecule has 1 aliphatic rings. The maximum atomic E-state index is 11.6. The van der Waals surface area contributed by atoms with Crippen molar-refractivity contribution in [2.24, 2.45) is 0 Å². The predicted octanol–water partition coefficient (Wildman–Crippen LogP) is -0.00290. The van der Waals surface area contributed by atoms with Crippen LogP contribution in [0.4, 0.5) is 11.5 Å². The van der Waals surface area contributed by atoms with Crippen LogP contribution in [0.3, 0.4) is 0 Å². The second-order valence-electron chi connectivity index (χ2n) is 3.93. The fraction of sp³-hybridized carbons (Fsp3) is 0.455. The summed E-state index contributed by atoms with van der Waals surface area (Å²) < 4.78 is 5.08. The maximum absolute atomic E-state index is 11.6. The van der Waals surface area contributed by atoms with Gasteiger partial charge in [-0.1, -0.05) is 0 Å². The molecule has 0 spiro atoms. The number of rotatable bonds is 2. The number of nitrogens with two attached hydrogens (primary N) is 1. The van der Waals surface area contributed by atoms with E-state index in [4.69, 9.17) is 10.5 Å². The number of carbonyl (C=O) groups excluding carboxylic acids is 1. The molecule has 0 aromatic carbocycles. The number of methoxy groups -OCH3 is 1. The molecular formula is C11H16N4O2. The molecule has 1 aliphatic heterocycles. The van der Waals surface area contributed by atoms with Crippen LogP contribution in [0.15, 0.2) is 12.1 Å². The third kappa shape index (κ3) is 2.11. The first-order valence-electron chi connectivity index (χ1n) is 5.48. The summed E-state index contributed by atoms with van der Waals surface area (Å²) >= 11 is 0. The van der Waals surface area contributed by atoms with Crippen molar-refractivity contribution in [2.75, 3.05) is 30.8 Å². The number of hydrogen-bond donors (Lipinski definition) is 2. The SMILES string of the molecule is COc1nc(N2CCNC(=O)C2C)ccc1N. The molecule has 2 heterocycles. The molecule has 1 aromatic rings. The number of hydrogen-bond acceptors (Lipinski definition) is 5. The Kier molecular flexibility index (Phi) is 3.03. The van der Waals surface area contributed by atoms with Crippen LogP contribution in [0.2, 0.25) is 0 Å². The summed E-state index contributed by atoms with van der Waals surface area (Å²) in [7, 11) is 1.52. The number of pyridine rings is 1. The average molecular weight is 236 g/mol. The largest absolute Gasteiger partial charge is 0.479 e.